The number of carbonyl (C=O) groups is 4. The number of carbonyl (C=O) groups excluding carboxylic acids is 4. The summed E-state index contributed by atoms with van der Waals surface area (Å²) in [5, 5.41) is 11.2. The number of rotatable bonds is 10. The average Bonchev–Trinajstić information content (AvgIpc) is 2.87. The summed E-state index contributed by atoms with van der Waals surface area (Å²) < 4.78 is 50.2. The molecule has 0 aromatic heterocycles. The fourth-order valence-corrected chi connectivity index (χ4v) is 3.79. The van der Waals surface area contributed by atoms with Crippen LogP contribution in [-0.4, -0.2) is 65.7 Å². The Labute approximate surface area is 205 Å². The molecule has 0 fully saturated rings. The van der Waals surface area contributed by atoms with Crippen molar-refractivity contribution in [3.8, 4) is 0 Å². The molecular formula is C25H26F3NO7. The minimum atomic E-state index is -5.40. The van der Waals surface area contributed by atoms with Gasteiger partial charge in [0, 0.05) is 12.0 Å². The lowest BCUT2D eigenvalue weighted by Gasteiger charge is -2.38. The molecule has 0 aliphatic rings. The Morgan fingerprint density at radius 2 is 1.44 bits per heavy atom. The van der Waals surface area contributed by atoms with Crippen molar-refractivity contribution in [2.45, 2.75) is 43.6 Å². The van der Waals surface area contributed by atoms with Gasteiger partial charge in [0.1, 0.15) is 6.04 Å². The Morgan fingerprint density at radius 1 is 0.917 bits per heavy atom. The number of halogens is 3. The van der Waals surface area contributed by atoms with Gasteiger partial charge in [-0.15, -0.1) is 0 Å². The zero-order valence-corrected chi connectivity index (χ0v) is 19.8. The van der Waals surface area contributed by atoms with Crippen molar-refractivity contribution >= 4 is 23.6 Å². The molecule has 0 saturated carbocycles. The second-order valence-corrected chi connectivity index (χ2v) is 8.03. The van der Waals surface area contributed by atoms with Crippen LogP contribution in [0.5, 0.6) is 0 Å². The summed E-state index contributed by atoms with van der Waals surface area (Å²) in [6.07, 6.45) is -7.42. The maximum Gasteiger partial charge on any atom is 0.471 e. The molecule has 0 aliphatic heterocycles. The van der Waals surface area contributed by atoms with Gasteiger partial charge in [-0.1, -0.05) is 60.7 Å². The van der Waals surface area contributed by atoms with E-state index in [1.165, 1.54) is 55.5 Å². The van der Waals surface area contributed by atoms with Crippen LogP contribution in [0, 0.1) is 0 Å². The van der Waals surface area contributed by atoms with Crippen LogP contribution in [0.2, 0.25) is 0 Å². The topological polar surface area (TPSA) is 110 Å². The number of aliphatic hydroxyl groups is 1. The van der Waals surface area contributed by atoms with Crippen LogP contribution in [0.4, 0.5) is 13.2 Å². The molecular weight excluding hydrogens is 483 g/mol. The molecule has 2 rings (SSSR count). The first-order valence-electron chi connectivity index (χ1n) is 10.8. The first-order chi connectivity index (χ1) is 16.9. The Bertz CT molecular complexity index is 1080. The lowest BCUT2D eigenvalue weighted by molar-refractivity contribution is -0.195. The predicted molar refractivity (Wildman–Crippen MR) is 121 cm³/mol. The number of methoxy groups -OCH3 is 2. The maximum atomic E-state index is 13.6. The SMILES string of the molecule is COC(=O)[C@H](C[C@@](O)(CC(=O)c1ccccc1)C(=O)OC)N(C(=O)C(F)(F)F)[C@H](C)c1ccccc1. The minimum absolute atomic E-state index is 0.107. The van der Waals surface area contributed by atoms with Crippen LogP contribution in [0.1, 0.15) is 41.7 Å². The smallest absolute Gasteiger partial charge is 0.467 e. The fourth-order valence-electron chi connectivity index (χ4n) is 3.79. The summed E-state index contributed by atoms with van der Waals surface area (Å²) in [7, 11) is 1.78. The normalized spacial score (nSPS) is 14.6. The van der Waals surface area contributed by atoms with Crippen LogP contribution in [0.25, 0.3) is 0 Å². The van der Waals surface area contributed by atoms with E-state index in [9.17, 15) is 37.5 Å². The van der Waals surface area contributed by atoms with Gasteiger partial charge in [0.2, 0.25) is 0 Å². The van der Waals surface area contributed by atoms with Crippen LogP contribution in [-0.2, 0) is 23.9 Å². The molecule has 0 heterocycles. The van der Waals surface area contributed by atoms with Crippen molar-refractivity contribution in [3.63, 3.8) is 0 Å². The van der Waals surface area contributed by atoms with Crippen molar-refractivity contribution in [2.75, 3.05) is 14.2 Å². The Morgan fingerprint density at radius 3 is 1.92 bits per heavy atom. The highest BCUT2D eigenvalue weighted by Gasteiger charge is 2.52. The van der Waals surface area contributed by atoms with Crippen molar-refractivity contribution < 1.29 is 46.9 Å². The molecule has 0 aliphatic carbocycles. The highest BCUT2D eigenvalue weighted by molar-refractivity contribution is 6.00. The summed E-state index contributed by atoms with van der Waals surface area (Å²) in [5.74, 6) is -5.83. The number of ether oxygens (including phenoxy) is 2. The van der Waals surface area contributed by atoms with Gasteiger partial charge < -0.3 is 19.5 Å². The number of hydrogen-bond acceptors (Lipinski definition) is 7. The molecule has 0 radical (unpaired) electrons. The second kappa shape index (κ2) is 11.8. The van der Waals surface area contributed by atoms with E-state index >= 15 is 0 Å². The summed E-state index contributed by atoms with van der Waals surface area (Å²) >= 11 is 0. The van der Waals surface area contributed by atoms with Crippen LogP contribution < -0.4 is 0 Å². The molecule has 3 atom stereocenters. The summed E-state index contributed by atoms with van der Waals surface area (Å²) in [6, 6.07) is 11.6. The van der Waals surface area contributed by atoms with Crippen molar-refractivity contribution in [1.82, 2.24) is 4.90 Å². The zero-order chi connectivity index (χ0) is 27.1. The first kappa shape index (κ1) is 28.5. The highest BCUT2D eigenvalue weighted by Crippen LogP contribution is 2.33. The van der Waals surface area contributed by atoms with Gasteiger partial charge in [-0.05, 0) is 12.5 Å². The zero-order valence-electron chi connectivity index (χ0n) is 19.8. The lowest BCUT2D eigenvalue weighted by Crippen LogP contribution is -2.56. The van der Waals surface area contributed by atoms with E-state index in [0.29, 0.717) is 0 Å². The quantitative estimate of drug-likeness (QED) is 0.387. The Balaban J connectivity index is 2.58. The van der Waals surface area contributed by atoms with Crippen LogP contribution >= 0.6 is 0 Å². The minimum Gasteiger partial charge on any atom is -0.467 e. The standard InChI is InChI=1S/C25H26F3NO7/c1-16(17-10-6-4-7-11-17)29(22(32)25(26,27)28)19(21(31)35-2)14-24(34,23(33)36-3)15-20(30)18-12-8-5-9-13-18/h4-13,16,19,34H,14-15H2,1-3H3/t16-,19+,24-/m1/s1. The van der Waals surface area contributed by atoms with Gasteiger partial charge in [0.15, 0.2) is 11.4 Å². The number of hydrogen-bond donors (Lipinski definition) is 1. The van der Waals surface area contributed by atoms with Crippen LogP contribution in [0.3, 0.4) is 0 Å². The average molecular weight is 509 g/mol. The molecule has 0 unspecified atom stereocenters. The van der Waals surface area contributed by atoms with E-state index in [-0.39, 0.29) is 16.0 Å². The molecule has 2 aromatic rings. The third kappa shape index (κ3) is 6.69. The molecule has 2 aromatic carbocycles. The molecule has 0 bridgehead atoms. The van der Waals surface area contributed by atoms with E-state index < -0.39 is 60.3 Å². The molecule has 0 saturated heterocycles. The maximum absolute atomic E-state index is 13.6. The van der Waals surface area contributed by atoms with Gasteiger partial charge in [-0.2, -0.15) is 13.2 Å². The molecule has 8 nitrogen and oxygen atoms in total. The first-order valence-corrected chi connectivity index (χ1v) is 10.8. The summed E-state index contributed by atoms with van der Waals surface area (Å²) in [6.45, 7) is 1.25. The molecule has 1 N–H and O–H groups in total. The third-order valence-electron chi connectivity index (χ3n) is 5.63. The molecule has 36 heavy (non-hydrogen) atoms. The lowest BCUT2D eigenvalue weighted by atomic mass is 9.86. The molecule has 1 amide bonds. The summed E-state index contributed by atoms with van der Waals surface area (Å²) in [4.78, 5) is 50.8. The number of alkyl halides is 3. The van der Waals surface area contributed by atoms with E-state index in [0.717, 1.165) is 14.2 Å². The van der Waals surface area contributed by atoms with Gasteiger partial charge >= 0.3 is 24.0 Å². The molecule has 194 valence electrons. The molecule has 11 heteroatoms. The van der Waals surface area contributed by atoms with Crippen molar-refractivity contribution in [3.05, 3.63) is 71.8 Å². The third-order valence-corrected chi connectivity index (χ3v) is 5.63. The van der Waals surface area contributed by atoms with E-state index in [1.54, 1.807) is 12.1 Å². The number of nitrogens with zero attached hydrogens (tertiary/aromatic N) is 1. The van der Waals surface area contributed by atoms with Crippen molar-refractivity contribution in [1.29, 1.82) is 0 Å². The van der Waals surface area contributed by atoms with Gasteiger partial charge in [0.05, 0.1) is 26.7 Å². The van der Waals surface area contributed by atoms with Crippen LogP contribution in [0.15, 0.2) is 60.7 Å². The molecule has 0 spiro atoms. The van der Waals surface area contributed by atoms with Gasteiger partial charge in [0.25, 0.3) is 0 Å². The summed E-state index contributed by atoms with van der Waals surface area (Å²) in [5.41, 5.74) is -2.41. The van der Waals surface area contributed by atoms with E-state index in [1.807, 2.05) is 0 Å². The predicted octanol–water partition coefficient (Wildman–Crippen LogP) is 3.25. The number of Topliss-reactive ketones (excluding diaryl/α,β-unsaturated/α-hetero) is 1. The van der Waals surface area contributed by atoms with Gasteiger partial charge in [-0.25, -0.2) is 9.59 Å². The van der Waals surface area contributed by atoms with Crippen molar-refractivity contribution in [2.24, 2.45) is 0 Å². The van der Waals surface area contributed by atoms with Gasteiger partial charge in [-0.3, -0.25) is 9.59 Å². The highest BCUT2D eigenvalue weighted by atomic mass is 19.4. The second-order valence-electron chi connectivity index (χ2n) is 8.03. The number of amides is 1. The van der Waals surface area contributed by atoms with E-state index in [2.05, 4.69) is 9.47 Å². The largest absolute Gasteiger partial charge is 0.471 e. The monoisotopic (exact) mass is 509 g/mol. The van der Waals surface area contributed by atoms with E-state index in [4.69, 9.17) is 0 Å². The fraction of sp³-hybridized carbons (Fsp3) is 0.360. The number of esters is 2. The Kier molecular flexibility index (Phi) is 9.35. The Hall–Kier alpha value is -3.73. The number of ketones is 1. The number of benzene rings is 2.